The van der Waals surface area contributed by atoms with Gasteiger partial charge in [0.2, 0.25) is 5.52 Å². The lowest BCUT2D eigenvalue weighted by molar-refractivity contribution is -0.670. The normalized spacial score (nSPS) is 10.9. The van der Waals surface area contributed by atoms with Crippen molar-refractivity contribution in [3.63, 3.8) is 0 Å². The molecule has 3 nitrogen and oxygen atoms in total. The molecule has 0 aliphatic carbocycles. The second-order valence-electron chi connectivity index (χ2n) is 6.97. The zero-order valence-electron chi connectivity index (χ0n) is 15.7. The monoisotopic (exact) mass is 489 g/mol. The van der Waals surface area contributed by atoms with Gasteiger partial charge in [-0.05, 0) is 31.6 Å². The molecule has 0 amide bonds. The Morgan fingerprint density at radius 3 is 2.19 bits per heavy atom. The second kappa shape index (κ2) is 9.00. The van der Waals surface area contributed by atoms with Gasteiger partial charge in [-0.25, -0.2) is 0 Å². The summed E-state index contributed by atoms with van der Waals surface area (Å²) in [5.41, 5.74) is 8.47. The van der Waals surface area contributed by atoms with Crippen LogP contribution in [0.25, 0.3) is 32.4 Å². The maximum atomic E-state index is 6.35. The minimum Gasteiger partial charge on any atom is -1.00 e. The van der Waals surface area contributed by atoms with Crippen LogP contribution >= 0.6 is 17.0 Å². The SMILES string of the molecule is Br.CN(C)CCC[n+]1cc2c3ccccc3c(N)cc2c2ccccc21.[Br-]. The van der Waals surface area contributed by atoms with Crippen molar-refractivity contribution < 1.29 is 21.5 Å². The minimum absolute atomic E-state index is 0. The molecule has 5 heteroatoms. The van der Waals surface area contributed by atoms with E-state index in [1.165, 1.54) is 27.1 Å². The fourth-order valence-corrected chi connectivity index (χ4v) is 3.71. The summed E-state index contributed by atoms with van der Waals surface area (Å²) < 4.78 is 2.39. The third kappa shape index (κ3) is 4.10. The zero-order chi connectivity index (χ0) is 17.4. The Hall–Kier alpha value is -1.69. The Balaban J connectivity index is 0.00000131. The minimum atomic E-state index is 0. The summed E-state index contributed by atoms with van der Waals surface area (Å²) in [6.07, 6.45) is 3.43. The summed E-state index contributed by atoms with van der Waals surface area (Å²) >= 11 is 0. The van der Waals surface area contributed by atoms with Crippen LogP contribution < -0.4 is 27.3 Å². The number of para-hydroxylation sites is 1. The van der Waals surface area contributed by atoms with Crippen LogP contribution in [0.3, 0.4) is 0 Å². The Kier molecular flexibility index (Phi) is 7.20. The van der Waals surface area contributed by atoms with Crippen molar-refractivity contribution >= 4 is 55.1 Å². The number of benzene rings is 3. The van der Waals surface area contributed by atoms with Crippen molar-refractivity contribution in [1.29, 1.82) is 0 Å². The highest BCUT2D eigenvalue weighted by atomic mass is 79.9. The van der Waals surface area contributed by atoms with Gasteiger partial charge in [0.15, 0.2) is 6.20 Å². The molecule has 142 valence electrons. The van der Waals surface area contributed by atoms with Crippen LogP contribution in [0, 0.1) is 0 Å². The number of nitrogens with two attached hydrogens (primary N) is 1. The number of anilines is 1. The first-order valence-electron chi connectivity index (χ1n) is 8.82. The predicted molar refractivity (Wildman–Crippen MR) is 117 cm³/mol. The number of rotatable bonds is 4. The third-order valence-corrected chi connectivity index (χ3v) is 4.91. The van der Waals surface area contributed by atoms with E-state index in [0.29, 0.717) is 0 Å². The van der Waals surface area contributed by atoms with E-state index < -0.39 is 0 Å². The van der Waals surface area contributed by atoms with Gasteiger partial charge in [0, 0.05) is 35.5 Å². The van der Waals surface area contributed by atoms with Crippen LogP contribution in [0.1, 0.15) is 6.42 Å². The summed E-state index contributed by atoms with van der Waals surface area (Å²) in [7, 11) is 4.25. The number of hydrogen-bond donors (Lipinski definition) is 1. The summed E-state index contributed by atoms with van der Waals surface area (Å²) in [6, 6.07) is 19.2. The highest BCUT2D eigenvalue weighted by molar-refractivity contribution is 8.93. The standard InChI is InChI=1S/C22H23N3.2BrH/c1-24(2)12-7-13-25-15-20-16-8-3-4-9-17(16)21(23)14-19(20)18-10-5-6-11-22(18)25;;/h3-6,8-11,14-15,23H,7,12-13H2,1-2H3;2*1H. The van der Waals surface area contributed by atoms with Gasteiger partial charge in [-0.1, -0.05) is 36.4 Å². The Morgan fingerprint density at radius 2 is 1.48 bits per heavy atom. The molecule has 0 radical (unpaired) electrons. The van der Waals surface area contributed by atoms with Crippen LogP contribution in [-0.4, -0.2) is 25.5 Å². The highest BCUT2D eigenvalue weighted by Crippen LogP contribution is 2.33. The van der Waals surface area contributed by atoms with E-state index in [4.69, 9.17) is 5.73 Å². The number of hydrogen-bond acceptors (Lipinski definition) is 2. The summed E-state index contributed by atoms with van der Waals surface area (Å²) in [6.45, 7) is 2.09. The van der Waals surface area contributed by atoms with Gasteiger partial charge in [-0.2, -0.15) is 4.57 Å². The Labute approximate surface area is 181 Å². The Morgan fingerprint density at radius 1 is 0.852 bits per heavy atom. The van der Waals surface area contributed by atoms with E-state index >= 15 is 0 Å². The van der Waals surface area contributed by atoms with Gasteiger partial charge in [-0.15, -0.1) is 17.0 Å². The van der Waals surface area contributed by atoms with Gasteiger partial charge in [0.1, 0.15) is 6.54 Å². The van der Waals surface area contributed by atoms with Crippen LogP contribution in [0.15, 0.2) is 60.8 Å². The number of nitrogen functional groups attached to an aromatic ring is 1. The second-order valence-corrected chi connectivity index (χ2v) is 6.97. The lowest BCUT2D eigenvalue weighted by atomic mass is 9.98. The fraction of sp³-hybridized carbons (Fsp3) is 0.227. The van der Waals surface area contributed by atoms with E-state index in [-0.39, 0.29) is 34.0 Å². The largest absolute Gasteiger partial charge is 1.00 e. The van der Waals surface area contributed by atoms with Crippen molar-refractivity contribution in [3.05, 3.63) is 60.8 Å². The number of aryl methyl sites for hydroxylation is 1. The van der Waals surface area contributed by atoms with Crippen molar-refractivity contribution in [2.24, 2.45) is 0 Å². The van der Waals surface area contributed by atoms with Gasteiger partial charge in [-0.3, -0.25) is 0 Å². The lowest BCUT2D eigenvalue weighted by Gasteiger charge is -2.11. The molecule has 1 heterocycles. The van der Waals surface area contributed by atoms with E-state index in [1.54, 1.807) is 0 Å². The maximum Gasteiger partial charge on any atom is 0.213 e. The molecule has 0 fully saturated rings. The predicted octanol–water partition coefficient (Wildman–Crippen LogP) is 1.55. The molecule has 4 rings (SSSR count). The van der Waals surface area contributed by atoms with Crippen molar-refractivity contribution in [3.8, 4) is 0 Å². The molecule has 1 aromatic heterocycles. The molecule has 0 spiro atoms. The number of aromatic nitrogens is 1. The van der Waals surface area contributed by atoms with E-state index in [2.05, 4.69) is 84.4 Å². The van der Waals surface area contributed by atoms with Crippen molar-refractivity contribution in [2.75, 3.05) is 26.4 Å². The summed E-state index contributed by atoms with van der Waals surface area (Å²) in [4.78, 5) is 2.24. The molecule has 27 heavy (non-hydrogen) atoms. The molecule has 2 N–H and O–H groups in total. The number of nitrogens with zero attached hydrogens (tertiary/aromatic N) is 2. The van der Waals surface area contributed by atoms with Crippen LogP contribution in [-0.2, 0) is 6.54 Å². The Bertz CT molecular complexity index is 1080. The van der Waals surface area contributed by atoms with Crippen LogP contribution in [0.2, 0.25) is 0 Å². The molecule has 0 aliphatic rings. The average Bonchev–Trinajstić information content (AvgIpc) is 2.62. The smallest absolute Gasteiger partial charge is 0.213 e. The first kappa shape index (κ1) is 21.6. The van der Waals surface area contributed by atoms with E-state index in [9.17, 15) is 0 Å². The lowest BCUT2D eigenvalue weighted by Crippen LogP contribution is -3.00. The third-order valence-electron chi connectivity index (χ3n) is 4.91. The van der Waals surface area contributed by atoms with E-state index in [0.717, 1.165) is 30.6 Å². The quantitative estimate of drug-likeness (QED) is 0.267. The molecule has 4 aromatic rings. The average molecular weight is 491 g/mol. The molecule has 0 bridgehead atoms. The summed E-state index contributed by atoms with van der Waals surface area (Å²) in [5.74, 6) is 0. The molecular formula is C22H25Br2N3. The first-order valence-corrected chi connectivity index (χ1v) is 8.82. The number of fused-ring (bicyclic) bond motifs is 5. The van der Waals surface area contributed by atoms with Crippen molar-refractivity contribution in [1.82, 2.24) is 4.90 Å². The van der Waals surface area contributed by atoms with Gasteiger partial charge >= 0.3 is 0 Å². The molecule has 0 atom stereocenters. The zero-order valence-corrected chi connectivity index (χ0v) is 19.0. The molecule has 0 aliphatic heterocycles. The maximum absolute atomic E-state index is 6.35. The fourth-order valence-electron chi connectivity index (χ4n) is 3.71. The number of pyridine rings is 1. The summed E-state index contributed by atoms with van der Waals surface area (Å²) in [5, 5.41) is 6.13. The molecule has 0 saturated heterocycles. The van der Waals surface area contributed by atoms with Crippen LogP contribution in [0.4, 0.5) is 5.69 Å². The number of halogens is 2. The van der Waals surface area contributed by atoms with Crippen LogP contribution in [0.5, 0.6) is 0 Å². The van der Waals surface area contributed by atoms with Crippen molar-refractivity contribution in [2.45, 2.75) is 13.0 Å². The highest BCUT2D eigenvalue weighted by Gasteiger charge is 2.16. The van der Waals surface area contributed by atoms with Gasteiger partial charge in [0.25, 0.3) is 0 Å². The first-order chi connectivity index (χ1) is 12.1. The molecular weight excluding hydrogens is 466 g/mol. The topological polar surface area (TPSA) is 33.1 Å². The van der Waals surface area contributed by atoms with Gasteiger partial charge < -0.3 is 27.6 Å². The van der Waals surface area contributed by atoms with E-state index in [1.807, 2.05) is 0 Å². The molecule has 0 saturated carbocycles. The molecule has 0 unspecified atom stereocenters. The molecule has 3 aromatic carbocycles. The van der Waals surface area contributed by atoms with Gasteiger partial charge in [0.05, 0.1) is 10.8 Å².